The van der Waals surface area contributed by atoms with Crippen LogP contribution < -0.4 is 5.32 Å². The van der Waals surface area contributed by atoms with E-state index in [1.54, 1.807) is 13.0 Å². The zero-order valence-corrected chi connectivity index (χ0v) is 14.5. The number of nitrogens with one attached hydrogen (secondary N) is 1. The van der Waals surface area contributed by atoms with E-state index in [1.165, 1.54) is 11.3 Å². The number of hydrogen-bond acceptors (Lipinski definition) is 4. The third kappa shape index (κ3) is 3.04. The lowest BCUT2D eigenvalue weighted by Gasteiger charge is -2.21. The van der Waals surface area contributed by atoms with E-state index in [0.717, 1.165) is 20.3 Å². The summed E-state index contributed by atoms with van der Waals surface area (Å²) in [5.74, 6) is -0.0917. The highest BCUT2D eigenvalue weighted by molar-refractivity contribution is 7.19. The van der Waals surface area contributed by atoms with Crippen molar-refractivity contribution in [1.29, 1.82) is 0 Å². The molecule has 126 valence electrons. The Kier molecular flexibility index (Phi) is 3.82. The molecule has 25 heavy (non-hydrogen) atoms. The summed E-state index contributed by atoms with van der Waals surface area (Å²) in [6, 6.07) is 19.1. The molecule has 1 atom stereocenters. The van der Waals surface area contributed by atoms with Crippen LogP contribution in [0.15, 0.2) is 65.1 Å². The standard InChI is InChI=1S/C20H17NO3S/c1-20(23,18-11-14-7-3-5-9-17(14)25-18)12-21-19(22)16-10-13-6-2-4-8-15(13)24-16/h2-11,23H,12H2,1H3,(H,21,22). The van der Waals surface area contributed by atoms with Gasteiger partial charge in [0.05, 0.1) is 6.54 Å². The van der Waals surface area contributed by atoms with Crippen LogP contribution in [0.4, 0.5) is 0 Å². The van der Waals surface area contributed by atoms with Crippen molar-refractivity contribution in [3.05, 3.63) is 71.3 Å². The van der Waals surface area contributed by atoms with Crippen LogP contribution in [-0.2, 0) is 5.60 Å². The second-order valence-corrected chi connectivity index (χ2v) is 7.34. The molecule has 0 aliphatic heterocycles. The van der Waals surface area contributed by atoms with Gasteiger partial charge in [-0.15, -0.1) is 11.3 Å². The number of amides is 1. The van der Waals surface area contributed by atoms with E-state index in [1.807, 2.05) is 54.6 Å². The minimum atomic E-state index is -1.15. The van der Waals surface area contributed by atoms with Gasteiger partial charge in [-0.3, -0.25) is 4.79 Å². The lowest BCUT2D eigenvalue weighted by atomic mass is 10.0. The smallest absolute Gasteiger partial charge is 0.287 e. The first-order valence-electron chi connectivity index (χ1n) is 8.01. The van der Waals surface area contributed by atoms with E-state index in [2.05, 4.69) is 5.32 Å². The van der Waals surface area contributed by atoms with Crippen molar-refractivity contribution < 1.29 is 14.3 Å². The highest BCUT2D eigenvalue weighted by atomic mass is 32.1. The van der Waals surface area contributed by atoms with Crippen molar-refractivity contribution in [2.75, 3.05) is 6.54 Å². The van der Waals surface area contributed by atoms with Gasteiger partial charge in [-0.25, -0.2) is 0 Å². The van der Waals surface area contributed by atoms with Crippen LogP contribution in [0.5, 0.6) is 0 Å². The van der Waals surface area contributed by atoms with E-state index < -0.39 is 5.60 Å². The SMILES string of the molecule is CC(O)(CNC(=O)c1cc2ccccc2o1)c1cc2ccccc2s1. The van der Waals surface area contributed by atoms with Crippen molar-refractivity contribution in [2.45, 2.75) is 12.5 Å². The molecule has 2 N–H and O–H groups in total. The van der Waals surface area contributed by atoms with Gasteiger partial charge in [-0.05, 0) is 36.6 Å². The Morgan fingerprint density at radius 1 is 1.12 bits per heavy atom. The fraction of sp³-hybridized carbons (Fsp3) is 0.150. The minimum Gasteiger partial charge on any atom is -0.451 e. The number of carbonyl (C=O) groups excluding carboxylic acids is 1. The lowest BCUT2D eigenvalue weighted by molar-refractivity contribution is 0.0549. The number of hydrogen-bond donors (Lipinski definition) is 2. The summed E-state index contributed by atoms with van der Waals surface area (Å²) >= 11 is 1.53. The molecule has 4 nitrogen and oxygen atoms in total. The first-order chi connectivity index (χ1) is 12.0. The van der Waals surface area contributed by atoms with Crippen molar-refractivity contribution in [3.8, 4) is 0 Å². The molecule has 0 radical (unpaired) electrons. The Hall–Kier alpha value is -2.63. The maximum absolute atomic E-state index is 12.4. The number of para-hydroxylation sites is 1. The zero-order valence-electron chi connectivity index (χ0n) is 13.7. The first-order valence-corrected chi connectivity index (χ1v) is 8.83. The number of thiophene rings is 1. The van der Waals surface area contributed by atoms with E-state index in [0.29, 0.717) is 5.58 Å². The summed E-state index contributed by atoms with van der Waals surface area (Å²) in [6.45, 7) is 1.81. The first kappa shape index (κ1) is 15.9. The molecule has 2 heterocycles. The molecular formula is C20H17NO3S. The monoisotopic (exact) mass is 351 g/mol. The second-order valence-electron chi connectivity index (χ2n) is 6.25. The zero-order chi connectivity index (χ0) is 17.4. The summed E-state index contributed by atoms with van der Waals surface area (Å²) in [4.78, 5) is 13.2. The van der Waals surface area contributed by atoms with Crippen molar-refractivity contribution in [3.63, 3.8) is 0 Å². The van der Waals surface area contributed by atoms with E-state index in [4.69, 9.17) is 4.42 Å². The average Bonchev–Trinajstić information content (AvgIpc) is 3.23. The van der Waals surface area contributed by atoms with Gasteiger partial charge >= 0.3 is 0 Å². The van der Waals surface area contributed by atoms with Gasteiger partial charge in [-0.2, -0.15) is 0 Å². The molecule has 0 bridgehead atoms. The fourth-order valence-corrected chi connectivity index (χ4v) is 3.87. The Labute approximate surface area is 148 Å². The third-order valence-electron chi connectivity index (χ3n) is 4.20. The van der Waals surface area contributed by atoms with Crippen molar-refractivity contribution in [1.82, 2.24) is 5.32 Å². The molecule has 5 heteroatoms. The Morgan fingerprint density at radius 2 is 1.84 bits per heavy atom. The van der Waals surface area contributed by atoms with Crippen LogP contribution in [0.25, 0.3) is 21.1 Å². The summed E-state index contributed by atoms with van der Waals surface area (Å²) in [5.41, 5.74) is -0.477. The molecular weight excluding hydrogens is 334 g/mol. The van der Waals surface area contributed by atoms with Gasteiger partial charge in [0.1, 0.15) is 11.2 Å². The number of rotatable bonds is 4. The van der Waals surface area contributed by atoms with Gasteiger partial charge < -0.3 is 14.8 Å². The largest absolute Gasteiger partial charge is 0.451 e. The Balaban J connectivity index is 1.51. The minimum absolute atomic E-state index is 0.107. The normalized spacial score (nSPS) is 13.8. The predicted molar refractivity (Wildman–Crippen MR) is 99.9 cm³/mol. The Morgan fingerprint density at radius 3 is 2.60 bits per heavy atom. The molecule has 2 aromatic heterocycles. The molecule has 0 saturated carbocycles. The molecule has 1 unspecified atom stereocenters. The summed E-state index contributed by atoms with van der Waals surface area (Å²) in [6.07, 6.45) is 0. The second kappa shape index (κ2) is 6.02. The number of carbonyl (C=O) groups is 1. The van der Waals surface area contributed by atoms with Crippen LogP contribution in [0.2, 0.25) is 0 Å². The number of aliphatic hydroxyl groups is 1. The average molecular weight is 351 g/mol. The number of furan rings is 1. The highest BCUT2D eigenvalue weighted by Crippen LogP contribution is 2.32. The fourth-order valence-electron chi connectivity index (χ4n) is 2.77. The predicted octanol–water partition coefficient (Wildman–Crippen LogP) is 4.29. The lowest BCUT2D eigenvalue weighted by Crippen LogP contribution is -2.37. The van der Waals surface area contributed by atoms with Crippen LogP contribution in [0.1, 0.15) is 22.4 Å². The van der Waals surface area contributed by atoms with Gasteiger partial charge in [-0.1, -0.05) is 36.4 Å². The van der Waals surface area contributed by atoms with Gasteiger partial charge in [0.15, 0.2) is 5.76 Å². The topological polar surface area (TPSA) is 62.5 Å². The molecule has 0 saturated heterocycles. The maximum atomic E-state index is 12.4. The molecule has 2 aromatic carbocycles. The molecule has 0 spiro atoms. The molecule has 4 aromatic rings. The van der Waals surface area contributed by atoms with Crippen molar-refractivity contribution in [2.24, 2.45) is 0 Å². The van der Waals surface area contributed by atoms with Gasteiger partial charge in [0, 0.05) is 15.0 Å². The summed E-state index contributed by atoms with van der Waals surface area (Å²) in [7, 11) is 0. The molecule has 0 aliphatic rings. The molecule has 1 amide bonds. The van der Waals surface area contributed by atoms with Crippen LogP contribution in [0.3, 0.4) is 0 Å². The number of benzene rings is 2. The maximum Gasteiger partial charge on any atom is 0.287 e. The van der Waals surface area contributed by atoms with Crippen LogP contribution in [-0.4, -0.2) is 17.6 Å². The quantitative estimate of drug-likeness (QED) is 0.577. The van der Waals surface area contributed by atoms with Gasteiger partial charge in [0.2, 0.25) is 0 Å². The van der Waals surface area contributed by atoms with E-state index in [9.17, 15) is 9.90 Å². The van der Waals surface area contributed by atoms with E-state index >= 15 is 0 Å². The van der Waals surface area contributed by atoms with Crippen molar-refractivity contribution >= 4 is 38.3 Å². The van der Waals surface area contributed by atoms with Crippen LogP contribution in [0, 0.1) is 0 Å². The van der Waals surface area contributed by atoms with Crippen LogP contribution >= 0.6 is 11.3 Å². The Bertz CT molecular complexity index is 995. The third-order valence-corrected chi connectivity index (χ3v) is 5.57. The van der Waals surface area contributed by atoms with Gasteiger partial charge in [0.25, 0.3) is 5.91 Å². The summed E-state index contributed by atoms with van der Waals surface area (Å²) in [5, 5.41) is 15.5. The highest BCUT2D eigenvalue weighted by Gasteiger charge is 2.27. The summed E-state index contributed by atoms with van der Waals surface area (Å²) < 4.78 is 6.67. The molecule has 0 aliphatic carbocycles. The number of fused-ring (bicyclic) bond motifs is 2. The molecule has 4 rings (SSSR count). The molecule has 0 fully saturated rings. The van der Waals surface area contributed by atoms with E-state index in [-0.39, 0.29) is 18.2 Å².